The Morgan fingerprint density at radius 1 is 1.00 bits per heavy atom. The van der Waals surface area contributed by atoms with Crippen molar-refractivity contribution in [3.8, 4) is 11.5 Å². The van der Waals surface area contributed by atoms with Crippen LogP contribution in [0.5, 0.6) is 11.5 Å². The number of fused-ring (bicyclic) bond motifs is 1. The van der Waals surface area contributed by atoms with Crippen molar-refractivity contribution in [1.82, 2.24) is 0 Å². The lowest BCUT2D eigenvalue weighted by molar-refractivity contribution is -0.115. The van der Waals surface area contributed by atoms with Crippen molar-refractivity contribution in [2.24, 2.45) is 0 Å². The number of nitrogens with one attached hydrogen (secondary N) is 2. The number of amides is 1. The van der Waals surface area contributed by atoms with Gasteiger partial charge in [-0.3, -0.25) is 9.59 Å². The first-order valence-corrected chi connectivity index (χ1v) is 7.66. The van der Waals surface area contributed by atoms with E-state index in [1.807, 2.05) is 18.2 Å². The summed E-state index contributed by atoms with van der Waals surface area (Å²) < 4.78 is 10.6. The molecule has 0 bridgehead atoms. The van der Waals surface area contributed by atoms with Crippen molar-refractivity contribution < 1.29 is 19.1 Å². The van der Waals surface area contributed by atoms with Crippen LogP contribution in [0, 0.1) is 0 Å². The van der Waals surface area contributed by atoms with E-state index in [4.69, 9.17) is 9.47 Å². The number of carbonyl (C=O) groups is 2. The summed E-state index contributed by atoms with van der Waals surface area (Å²) in [5.41, 5.74) is 2.17. The quantitative estimate of drug-likeness (QED) is 0.798. The summed E-state index contributed by atoms with van der Waals surface area (Å²) in [6.07, 6.45) is 0.322. The van der Waals surface area contributed by atoms with Gasteiger partial charge in [0.1, 0.15) is 0 Å². The van der Waals surface area contributed by atoms with Gasteiger partial charge in [0.25, 0.3) is 0 Å². The first kappa shape index (κ1) is 15.9. The number of anilines is 2. The minimum atomic E-state index is -0.0983. The summed E-state index contributed by atoms with van der Waals surface area (Å²) in [5, 5.41) is 5.98. The molecule has 1 aliphatic rings. The lowest BCUT2D eigenvalue weighted by atomic mass is 10.1. The topological polar surface area (TPSA) is 76.7 Å². The van der Waals surface area contributed by atoms with Crippen molar-refractivity contribution in [1.29, 1.82) is 0 Å². The molecule has 6 nitrogen and oxygen atoms in total. The highest BCUT2D eigenvalue weighted by Gasteiger charge is 2.13. The number of rotatable bonds is 6. The van der Waals surface area contributed by atoms with Gasteiger partial charge < -0.3 is 20.1 Å². The maximum absolute atomic E-state index is 11.9. The number of Topliss-reactive ketones (excluding diaryl/α,β-unsaturated/α-hetero) is 1. The van der Waals surface area contributed by atoms with E-state index in [2.05, 4.69) is 10.6 Å². The predicted molar refractivity (Wildman–Crippen MR) is 90.7 cm³/mol. The Morgan fingerprint density at radius 3 is 2.46 bits per heavy atom. The standard InChI is InChI=1S/C18H18N2O4/c1-12(21)13-2-4-14(5-3-13)20-18(22)8-9-19-15-6-7-16-17(10-15)24-11-23-16/h2-7,10,19H,8-9,11H2,1H3,(H,20,22). The molecule has 24 heavy (non-hydrogen) atoms. The molecular weight excluding hydrogens is 308 g/mol. The zero-order valence-corrected chi connectivity index (χ0v) is 13.3. The van der Waals surface area contributed by atoms with E-state index in [1.54, 1.807) is 24.3 Å². The summed E-state index contributed by atoms with van der Waals surface area (Å²) in [7, 11) is 0. The molecule has 0 spiro atoms. The minimum Gasteiger partial charge on any atom is -0.454 e. The Bertz CT molecular complexity index is 756. The molecule has 0 aromatic heterocycles. The normalized spacial score (nSPS) is 11.9. The summed E-state index contributed by atoms with van der Waals surface area (Å²) in [6, 6.07) is 12.4. The van der Waals surface area contributed by atoms with Gasteiger partial charge in [-0.15, -0.1) is 0 Å². The molecular formula is C18H18N2O4. The van der Waals surface area contributed by atoms with E-state index in [-0.39, 0.29) is 18.5 Å². The fourth-order valence-electron chi connectivity index (χ4n) is 2.34. The van der Waals surface area contributed by atoms with Crippen LogP contribution in [0.1, 0.15) is 23.7 Å². The summed E-state index contributed by atoms with van der Waals surface area (Å²) >= 11 is 0. The van der Waals surface area contributed by atoms with Crippen LogP contribution >= 0.6 is 0 Å². The molecule has 2 aromatic carbocycles. The Balaban J connectivity index is 1.46. The minimum absolute atomic E-state index is 0.000743. The second-order valence-electron chi connectivity index (χ2n) is 5.43. The monoisotopic (exact) mass is 326 g/mol. The number of hydrogen-bond donors (Lipinski definition) is 2. The third-order valence-corrected chi connectivity index (χ3v) is 3.63. The third kappa shape index (κ3) is 3.84. The van der Waals surface area contributed by atoms with Crippen LogP contribution in [0.15, 0.2) is 42.5 Å². The number of hydrogen-bond acceptors (Lipinski definition) is 5. The highest BCUT2D eigenvalue weighted by molar-refractivity contribution is 5.95. The van der Waals surface area contributed by atoms with Gasteiger partial charge in [-0.1, -0.05) is 0 Å². The third-order valence-electron chi connectivity index (χ3n) is 3.63. The molecule has 6 heteroatoms. The zero-order chi connectivity index (χ0) is 16.9. The van der Waals surface area contributed by atoms with Gasteiger partial charge in [0.05, 0.1) is 0 Å². The van der Waals surface area contributed by atoms with Gasteiger partial charge >= 0.3 is 0 Å². The van der Waals surface area contributed by atoms with Crippen molar-refractivity contribution >= 4 is 23.1 Å². The maximum Gasteiger partial charge on any atom is 0.231 e. The molecule has 0 saturated carbocycles. The van der Waals surface area contributed by atoms with Gasteiger partial charge in [-0.25, -0.2) is 0 Å². The fourth-order valence-corrected chi connectivity index (χ4v) is 2.34. The van der Waals surface area contributed by atoms with Crippen LogP contribution in [0.25, 0.3) is 0 Å². The lowest BCUT2D eigenvalue weighted by Crippen LogP contribution is -2.16. The molecule has 124 valence electrons. The van der Waals surface area contributed by atoms with E-state index < -0.39 is 0 Å². The SMILES string of the molecule is CC(=O)c1ccc(NC(=O)CCNc2ccc3c(c2)OCO3)cc1. The molecule has 0 radical (unpaired) electrons. The Kier molecular flexibility index (Phi) is 4.65. The van der Waals surface area contributed by atoms with Gasteiger partial charge in [0.15, 0.2) is 17.3 Å². The van der Waals surface area contributed by atoms with E-state index in [0.29, 0.717) is 30.0 Å². The molecule has 0 atom stereocenters. The average Bonchev–Trinajstić information content (AvgIpc) is 3.03. The summed E-state index contributed by atoms with van der Waals surface area (Å²) in [6.45, 7) is 2.25. The zero-order valence-electron chi connectivity index (χ0n) is 13.3. The van der Waals surface area contributed by atoms with Crippen LogP contribution in [0.4, 0.5) is 11.4 Å². The highest BCUT2D eigenvalue weighted by atomic mass is 16.7. The summed E-state index contributed by atoms with van der Waals surface area (Å²) in [4.78, 5) is 23.2. The highest BCUT2D eigenvalue weighted by Crippen LogP contribution is 2.34. The number of ketones is 1. The molecule has 1 amide bonds. The summed E-state index contributed by atoms with van der Waals surface area (Å²) in [5.74, 6) is 1.34. The number of ether oxygens (including phenoxy) is 2. The molecule has 0 unspecified atom stereocenters. The van der Waals surface area contributed by atoms with Crippen molar-refractivity contribution in [3.63, 3.8) is 0 Å². The van der Waals surface area contributed by atoms with E-state index in [9.17, 15) is 9.59 Å². The first-order valence-electron chi connectivity index (χ1n) is 7.66. The van der Waals surface area contributed by atoms with E-state index in [1.165, 1.54) is 6.92 Å². The van der Waals surface area contributed by atoms with Crippen LogP contribution in [0.3, 0.4) is 0 Å². The van der Waals surface area contributed by atoms with Crippen LogP contribution in [-0.2, 0) is 4.79 Å². The van der Waals surface area contributed by atoms with Gasteiger partial charge in [0.2, 0.25) is 12.7 Å². The second kappa shape index (κ2) is 7.04. The molecule has 0 saturated heterocycles. The molecule has 0 fully saturated rings. The van der Waals surface area contributed by atoms with Crippen LogP contribution < -0.4 is 20.1 Å². The van der Waals surface area contributed by atoms with E-state index in [0.717, 1.165) is 11.4 Å². The fraction of sp³-hybridized carbons (Fsp3) is 0.222. The molecule has 0 aliphatic carbocycles. The first-order chi connectivity index (χ1) is 11.6. The van der Waals surface area contributed by atoms with Crippen molar-refractivity contribution in [2.75, 3.05) is 24.0 Å². The molecule has 2 N–H and O–H groups in total. The largest absolute Gasteiger partial charge is 0.454 e. The number of carbonyl (C=O) groups excluding carboxylic acids is 2. The Labute approximate surface area is 139 Å². The lowest BCUT2D eigenvalue weighted by Gasteiger charge is -2.08. The van der Waals surface area contributed by atoms with Crippen LogP contribution in [-0.4, -0.2) is 25.0 Å². The molecule has 1 aliphatic heterocycles. The van der Waals surface area contributed by atoms with Gasteiger partial charge in [-0.05, 0) is 43.3 Å². The maximum atomic E-state index is 11.9. The van der Waals surface area contributed by atoms with Crippen LogP contribution in [0.2, 0.25) is 0 Å². The smallest absolute Gasteiger partial charge is 0.231 e. The van der Waals surface area contributed by atoms with Crippen molar-refractivity contribution in [3.05, 3.63) is 48.0 Å². The Hall–Kier alpha value is -3.02. The molecule has 1 heterocycles. The predicted octanol–water partition coefficient (Wildman–Crippen LogP) is 3.06. The molecule has 3 rings (SSSR count). The number of benzene rings is 2. The Morgan fingerprint density at radius 2 is 1.71 bits per heavy atom. The molecule has 2 aromatic rings. The van der Waals surface area contributed by atoms with E-state index >= 15 is 0 Å². The van der Waals surface area contributed by atoms with Gasteiger partial charge in [-0.2, -0.15) is 0 Å². The van der Waals surface area contributed by atoms with Gasteiger partial charge in [0, 0.05) is 36.0 Å². The second-order valence-corrected chi connectivity index (χ2v) is 5.43. The van der Waals surface area contributed by atoms with Crippen molar-refractivity contribution in [2.45, 2.75) is 13.3 Å². The average molecular weight is 326 g/mol.